The van der Waals surface area contributed by atoms with E-state index < -0.39 is 0 Å². The number of rotatable bonds is 8. The zero-order chi connectivity index (χ0) is 18.4. The van der Waals surface area contributed by atoms with Crippen molar-refractivity contribution in [1.29, 1.82) is 0 Å². The van der Waals surface area contributed by atoms with Crippen molar-refractivity contribution in [2.45, 2.75) is 80.1 Å². The monoisotopic (exact) mass is 329 g/mol. The average molecular weight is 330 g/mol. The lowest BCUT2D eigenvalue weighted by Crippen LogP contribution is -2.28. The van der Waals surface area contributed by atoms with Crippen LogP contribution in [0.5, 0.6) is 0 Å². The molecule has 2 nitrogen and oxygen atoms in total. The second kappa shape index (κ2) is 9.15. The quantitative estimate of drug-likeness (QED) is 0.490. The minimum absolute atomic E-state index is 0.0692. The van der Waals surface area contributed by atoms with Crippen LogP contribution in [0.1, 0.15) is 91.2 Å². The Bertz CT molecular complexity index is 555. The van der Waals surface area contributed by atoms with Gasteiger partial charge in [-0.25, -0.2) is 0 Å². The number of hydrogen-bond acceptors (Lipinski definition) is 2. The van der Waals surface area contributed by atoms with Crippen LogP contribution in [0.2, 0.25) is 0 Å². The van der Waals surface area contributed by atoms with Crippen molar-refractivity contribution < 1.29 is 4.79 Å². The van der Waals surface area contributed by atoms with Gasteiger partial charge in [0.2, 0.25) is 0 Å². The first kappa shape index (κ1) is 20.6. The number of ketones is 1. The van der Waals surface area contributed by atoms with Gasteiger partial charge in [0, 0.05) is 12.1 Å². The molecule has 0 heterocycles. The van der Waals surface area contributed by atoms with E-state index in [1.807, 2.05) is 6.92 Å². The van der Waals surface area contributed by atoms with E-state index in [1.165, 1.54) is 11.1 Å². The first-order chi connectivity index (χ1) is 11.2. The maximum absolute atomic E-state index is 12.5. The highest BCUT2D eigenvalue weighted by Gasteiger charge is 2.26. The Morgan fingerprint density at radius 3 is 1.75 bits per heavy atom. The Hall–Kier alpha value is -1.44. The van der Waals surface area contributed by atoms with E-state index in [-0.39, 0.29) is 11.8 Å². The number of carbonyl (C=O) groups excluding carboxylic acids is 1. The van der Waals surface area contributed by atoms with Crippen molar-refractivity contribution >= 4 is 17.2 Å². The fourth-order valence-corrected chi connectivity index (χ4v) is 3.32. The van der Waals surface area contributed by atoms with Crippen molar-refractivity contribution in [1.82, 2.24) is 0 Å². The molecule has 0 aliphatic rings. The second-order valence-electron chi connectivity index (χ2n) is 7.59. The first-order valence-electron chi connectivity index (χ1n) is 9.47. The number of para-hydroxylation sites is 1. The van der Waals surface area contributed by atoms with Gasteiger partial charge in [0.15, 0.2) is 0 Å². The molecular weight excluding hydrogens is 294 g/mol. The molecule has 1 aromatic rings. The molecule has 0 aliphatic carbocycles. The van der Waals surface area contributed by atoms with E-state index in [2.05, 4.69) is 66.7 Å². The molecule has 1 unspecified atom stereocenters. The molecule has 0 spiro atoms. The largest absolute Gasteiger partial charge is 0.299 e. The Balaban J connectivity index is 3.56. The lowest BCUT2D eigenvalue weighted by atomic mass is 9.84. The zero-order valence-corrected chi connectivity index (χ0v) is 16.8. The van der Waals surface area contributed by atoms with Crippen molar-refractivity contribution in [2.75, 3.05) is 0 Å². The Labute approximate surface area is 148 Å². The smallest absolute Gasteiger partial charge is 0.141 e. The van der Waals surface area contributed by atoms with Crippen LogP contribution in [0, 0.1) is 11.8 Å². The van der Waals surface area contributed by atoms with Gasteiger partial charge in [0.1, 0.15) is 5.78 Å². The lowest BCUT2D eigenvalue weighted by Gasteiger charge is -2.23. The van der Waals surface area contributed by atoms with E-state index in [0.717, 1.165) is 17.8 Å². The standard InChI is InChI=1S/C22H35NO/c1-9-19(21(16(7)8)20(24)10-2)23-22-17(14(3)4)12-11-13-18(22)15(5)6/h11-16,21H,9-10H2,1-8H3/b23-19-. The normalized spacial score (nSPS) is 13.9. The number of hydrogen-bond donors (Lipinski definition) is 0. The molecule has 2 heteroatoms. The summed E-state index contributed by atoms with van der Waals surface area (Å²) in [6.45, 7) is 17.2. The number of Topliss-reactive ketones (excluding diaryl/α,β-unsaturated/α-hetero) is 1. The predicted octanol–water partition coefficient (Wildman–Crippen LogP) is 6.67. The molecule has 0 aromatic heterocycles. The Kier molecular flexibility index (Phi) is 7.86. The average Bonchev–Trinajstić information content (AvgIpc) is 2.52. The van der Waals surface area contributed by atoms with Gasteiger partial charge in [0.25, 0.3) is 0 Å². The Morgan fingerprint density at radius 2 is 1.42 bits per heavy atom. The van der Waals surface area contributed by atoms with Crippen LogP contribution in [0.15, 0.2) is 23.2 Å². The van der Waals surface area contributed by atoms with E-state index in [4.69, 9.17) is 4.99 Å². The molecule has 0 fully saturated rings. The highest BCUT2D eigenvalue weighted by molar-refractivity contribution is 6.06. The van der Waals surface area contributed by atoms with Gasteiger partial charge in [-0.05, 0) is 35.3 Å². The van der Waals surface area contributed by atoms with E-state index >= 15 is 0 Å². The third kappa shape index (κ3) is 4.78. The number of aliphatic imine (C=N–C) groups is 1. The summed E-state index contributed by atoms with van der Waals surface area (Å²) in [4.78, 5) is 17.6. The van der Waals surface area contributed by atoms with Gasteiger partial charge in [-0.15, -0.1) is 0 Å². The van der Waals surface area contributed by atoms with E-state index in [0.29, 0.717) is 24.0 Å². The third-order valence-corrected chi connectivity index (χ3v) is 4.68. The van der Waals surface area contributed by atoms with Gasteiger partial charge in [-0.3, -0.25) is 9.79 Å². The molecule has 1 rings (SSSR count). The maximum atomic E-state index is 12.5. The molecule has 0 saturated heterocycles. The number of nitrogens with zero attached hydrogens (tertiary/aromatic N) is 1. The van der Waals surface area contributed by atoms with Gasteiger partial charge >= 0.3 is 0 Å². The summed E-state index contributed by atoms with van der Waals surface area (Å²) >= 11 is 0. The molecule has 1 aromatic carbocycles. The van der Waals surface area contributed by atoms with Crippen LogP contribution in [0.4, 0.5) is 5.69 Å². The van der Waals surface area contributed by atoms with Crippen molar-refractivity contribution in [3.05, 3.63) is 29.3 Å². The molecule has 0 N–H and O–H groups in total. The summed E-state index contributed by atoms with van der Waals surface area (Å²) in [6.07, 6.45) is 1.39. The molecule has 0 bridgehead atoms. The second-order valence-corrected chi connectivity index (χ2v) is 7.59. The molecule has 1 atom stereocenters. The summed E-state index contributed by atoms with van der Waals surface area (Å²) in [7, 11) is 0. The van der Waals surface area contributed by atoms with Crippen LogP contribution < -0.4 is 0 Å². The molecule has 0 radical (unpaired) electrons. The topological polar surface area (TPSA) is 29.4 Å². The number of benzene rings is 1. The van der Waals surface area contributed by atoms with E-state index in [9.17, 15) is 4.79 Å². The van der Waals surface area contributed by atoms with Crippen LogP contribution in [0.3, 0.4) is 0 Å². The van der Waals surface area contributed by atoms with Gasteiger partial charge < -0.3 is 0 Å². The fourth-order valence-electron chi connectivity index (χ4n) is 3.32. The summed E-state index contributed by atoms with van der Waals surface area (Å²) < 4.78 is 0. The number of carbonyl (C=O) groups is 1. The zero-order valence-electron chi connectivity index (χ0n) is 16.8. The predicted molar refractivity (Wildman–Crippen MR) is 106 cm³/mol. The molecule has 0 aliphatic heterocycles. The van der Waals surface area contributed by atoms with Gasteiger partial charge in [0.05, 0.1) is 11.6 Å². The van der Waals surface area contributed by atoms with Crippen molar-refractivity contribution in [2.24, 2.45) is 16.8 Å². The summed E-state index contributed by atoms with van der Waals surface area (Å²) in [6, 6.07) is 6.48. The maximum Gasteiger partial charge on any atom is 0.141 e. The molecule has 0 amide bonds. The van der Waals surface area contributed by atoms with Crippen molar-refractivity contribution in [3.63, 3.8) is 0 Å². The minimum atomic E-state index is -0.0692. The van der Waals surface area contributed by atoms with E-state index in [1.54, 1.807) is 0 Å². The molecular formula is C22H35NO. The highest BCUT2D eigenvalue weighted by atomic mass is 16.1. The first-order valence-corrected chi connectivity index (χ1v) is 9.47. The van der Waals surface area contributed by atoms with Crippen LogP contribution in [0.25, 0.3) is 0 Å². The molecule has 134 valence electrons. The summed E-state index contributed by atoms with van der Waals surface area (Å²) in [5.41, 5.74) is 4.68. The SMILES string of the molecule is CCC(=O)C(/C(CC)=N\c1c(C(C)C)cccc1C(C)C)C(C)C. The lowest BCUT2D eigenvalue weighted by molar-refractivity contribution is -0.121. The summed E-state index contributed by atoms with van der Waals surface area (Å²) in [5.74, 6) is 1.35. The summed E-state index contributed by atoms with van der Waals surface area (Å²) in [5, 5.41) is 0. The Morgan fingerprint density at radius 1 is 0.917 bits per heavy atom. The highest BCUT2D eigenvalue weighted by Crippen LogP contribution is 2.36. The van der Waals surface area contributed by atoms with Gasteiger partial charge in [-0.2, -0.15) is 0 Å². The fraction of sp³-hybridized carbons (Fsp3) is 0.636. The minimum Gasteiger partial charge on any atom is -0.299 e. The van der Waals surface area contributed by atoms with Crippen LogP contribution in [-0.2, 0) is 4.79 Å². The third-order valence-electron chi connectivity index (χ3n) is 4.68. The van der Waals surface area contributed by atoms with Crippen molar-refractivity contribution in [3.8, 4) is 0 Å². The van der Waals surface area contributed by atoms with Gasteiger partial charge in [-0.1, -0.05) is 73.6 Å². The molecule has 24 heavy (non-hydrogen) atoms. The van der Waals surface area contributed by atoms with Crippen LogP contribution in [-0.4, -0.2) is 11.5 Å². The van der Waals surface area contributed by atoms with Crippen LogP contribution >= 0.6 is 0 Å². The molecule has 0 saturated carbocycles.